The normalized spacial score (nSPS) is 15.6. The van der Waals surface area contributed by atoms with Crippen molar-refractivity contribution in [2.75, 3.05) is 39.2 Å². The number of aromatic nitrogens is 1. The van der Waals surface area contributed by atoms with E-state index in [0.717, 1.165) is 63.1 Å². The Labute approximate surface area is 205 Å². The van der Waals surface area contributed by atoms with Crippen LogP contribution in [-0.4, -0.2) is 66.5 Å². The number of methoxy groups -OCH3 is 2. The second-order valence-electron chi connectivity index (χ2n) is 7.76. The van der Waals surface area contributed by atoms with E-state index in [1.54, 1.807) is 0 Å². The predicted octanol–water partition coefficient (Wildman–Crippen LogP) is 3.11. The Balaban J connectivity index is 1.57. The molecule has 0 unspecified atom stereocenters. The Hall–Kier alpha value is -3.03. The summed E-state index contributed by atoms with van der Waals surface area (Å²) in [5, 5.41) is 15.1. The number of nitrogens with one attached hydrogen (secondary N) is 2. The highest BCUT2D eigenvalue weighted by molar-refractivity contribution is 7.11. The van der Waals surface area contributed by atoms with Crippen LogP contribution in [0.5, 0.6) is 11.6 Å². The zero-order valence-corrected chi connectivity index (χ0v) is 20.3. The van der Waals surface area contributed by atoms with Crippen LogP contribution in [0.1, 0.15) is 41.6 Å². The number of amides is 2. The first-order valence-electron chi connectivity index (χ1n) is 11.0. The number of carbonyl (C=O) groups excluding carboxylic acids is 2. The zero-order chi connectivity index (χ0) is 25.4. The molecule has 3 rings (SSSR count). The standard InChI is InChI=1S/C22H28F2N4O6S/c1-32-15-8-7-14(23)13(18(15)24)12-34-19-17(21(30)33-2)20(35-27-19)26-22(31)25-9-3-4-10-28-11-5-6-16(28)29/h7-8,16,29H,3-6,9-12H2,1-2H3,(H2,25,26,31)/t16-/m1/s1. The van der Waals surface area contributed by atoms with Gasteiger partial charge in [0.15, 0.2) is 17.1 Å². The molecule has 2 aromatic rings. The van der Waals surface area contributed by atoms with Gasteiger partial charge in [0.2, 0.25) is 5.88 Å². The number of likely N-dealkylation sites (tertiary alicyclic amines) is 1. The van der Waals surface area contributed by atoms with Gasteiger partial charge in [0.1, 0.15) is 23.7 Å². The minimum absolute atomic E-state index is 0.0659. The van der Waals surface area contributed by atoms with Crippen LogP contribution in [0.25, 0.3) is 0 Å². The van der Waals surface area contributed by atoms with E-state index >= 15 is 0 Å². The third kappa shape index (κ3) is 6.77. The van der Waals surface area contributed by atoms with Crippen molar-refractivity contribution in [1.29, 1.82) is 0 Å². The molecule has 0 aliphatic carbocycles. The highest BCUT2D eigenvalue weighted by Gasteiger charge is 2.26. The van der Waals surface area contributed by atoms with Gasteiger partial charge >= 0.3 is 12.0 Å². The number of aliphatic hydroxyl groups is 1. The first-order valence-corrected chi connectivity index (χ1v) is 11.8. The Bertz CT molecular complexity index is 1040. The summed E-state index contributed by atoms with van der Waals surface area (Å²) in [6.07, 6.45) is 2.89. The summed E-state index contributed by atoms with van der Waals surface area (Å²) in [5.41, 5.74) is -0.568. The van der Waals surface area contributed by atoms with Crippen molar-refractivity contribution in [3.63, 3.8) is 0 Å². The molecule has 3 N–H and O–H groups in total. The maximum Gasteiger partial charge on any atom is 0.346 e. The summed E-state index contributed by atoms with van der Waals surface area (Å²) >= 11 is 0.766. The van der Waals surface area contributed by atoms with Crippen LogP contribution >= 0.6 is 11.5 Å². The largest absolute Gasteiger partial charge is 0.494 e. The van der Waals surface area contributed by atoms with Gasteiger partial charge in [-0.25, -0.2) is 18.4 Å². The highest BCUT2D eigenvalue weighted by Crippen LogP contribution is 2.32. The van der Waals surface area contributed by atoms with Crippen LogP contribution in [0.15, 0.2) is 12.1 Å². The van der Waals surface area contributed by atoms with Gasteiger partial charge in [-0.2, -0.15) is 4.37 Å². The molecule has 1 aliphatic heterocycles. The van der Waals surface area contributed by atoms with Crippen LogP contribution in [0, 0.1) is 11.6 Å². The quantitative estimate of drug-likeness (QED) is 0.309. The van der Waals surface area contributed by atoms with Crippen LogP contribution in [0.4, 0.5) is 18.6 Å². The minimum atomic E-state index is -0.931. The van der Waals surface area contributed by atoms with Gasteiger partial charge in [0.05, 0.1) is 19.8 Å². The van der Waals surface area contributed by atoms with Crippen molar-refractivity contribution in [1.82, 2.24) is 14.6 Å². The number of ether oxygens (including phenoxy) is 3. The number of hydrogen-bond acceptors (Lipinski definition) is 9. The van der Waals surface area contributed by atoms with Crippen LogP contribution in [-0.2, 0) is 11.3 Å². The molecule has 1 aliphatic rings. The van der Waals surface area contributed by atoms with Gasteiger partial charge in [0.25, 0.3) is 0 Å². The zero-order valence-electron chi connectivity index (χ0n) is 19.4. The molecular weight excluding hydrogens is 486 g/mol. The SMILES string of the molecule is COC(=O)c1c(OCc2c(F)ccc(OC)c2F)nsc1NC(=O)NCCCCN1CCC[C@H]1O. The summed E-state index contributed by atoms with van der Waals surface area (Å²) in [4.78, 5) is 26.6. The Morgan fingerprint density at radius 1 is 1.29 bits per heavy atom. The van der Waals surface area contributed by atoms with Crippen molar-refractivity contribution in [3.05, 3.63) is 34.9 Å². The van der Waals surface area contributed by atoms with E-state index < -0.39 is 35.8 Å². The molecule has 192 valence electrons. The third-order valence-electron chi connectivity index (χ3n) is 5.49. The molecule has 1 fully saturated rings. The second kappa shape index (κ2) is 12.6. The lowest BCUT2D eigenvalue weighted by Gasteiger charge is -2.19. The molecule has 10 nitrogen and oxygen atoms in total. The average Bonchev–Trinajstić information content (AvgIpc) is 3.43. The van der Waals surface area contributed by atoms with E-state index in [1.165, 1.54) is 7.11 Å². The van der Waals surface area contributed by atoms with Gasteiger partial charge in [0, 0.05) is 19.6 Å². The van der Waals surface area contributed by atoms with Crippen molar-refractivity contribution >= 4 is 28.5 Å². The van der Waals surface area contributed by atoms with E-state index in [0.29, 0.717) is 13.0 Å². The Kier molecular flexibility index (Phi) is 9.57. The molecule has 1 aromatic heterocycles. The molecule has 0 saturated carbocycles. The van der Waals surface area contributed by atoms with Gasteiger partial charge in [-0.05, 0) is 49.3 Å². The molecule has 2 amide bonds. The number of carbonyl (C=O) groups is 2. The van der Waals surface area contributed by atoms with E-state index in [4.69, 9.17) is 14.2 Å². The van der Waals surface area contributed by atoms with E-state index in [1.807, 2.05) is 4.90 Å². The highest BCUT2D eigenvalue weighted by atomic mass is 32.1. The van der Waals surface area contributed by atoms with E-state index in [-0.39, 0.29) is 28.4 Å². The van der Waals surface area contributed by atoms with Gasteiger partial charge < -0.3 is 24.6 Å². The number of rotatable bonds is 11. The minimum Gasteiger partial charge on any atom is -0.494 e. The molecule has 35 heavy (non-hydrogen) atoms. The lowest BCUT2D eigenvalue weighted by Crippen LogP contribution is -2.32. The number of anilines is 1. The first kappa shape index (κ1) is 26.6. The van der Waals surface area contributed by atoms with Crippen LogP contribution in [0.3, 0.4) is 0 Å². The van der Waals surface area contributed by atoms with Crippen LogP contribution < -0.4 is 20.1 Å². The fourth-order valence-electron chi connectivity index (χ4n) is 3.61. The van der Waals surface area contributed by atoms with E-state index in [9.17, 15) is 23.5 Å². The molecule has 0 spiro atoms. The number of urea groups is 1. The number of esters is 1. The van der Waals surface area contributed by atoms with Crippen molar-refractivity contribution in [3.8, 4) is 11.6 Å². The lowest BCUT2D eigenvalue weighted by molar-refractivity contribution is 0.0373. The molecule has 2 heterocycles. The number of hydrogen-bond donors (Lipinski definition) is 3. The number of benzene rings is 1. The average molecular weight is 515 g/mol. The number of unbranched alkanes of at least 4 members (excludes halogenated alkanes) is 1. The van der Waals surface area contributed by atoms with E-state index in [2.05, 4.69) is 15.0 Å². The van der Waals surface area contributed by atoms with Crippen molar-refractivity contribution in [2.24, 2.45) is 0 Å². The monoisotopic (exact) mass is 514 g/mol. The first-order chi connectivity index (χ1) is 16.8. The summed E-state index contributed by atoms with van der Waals surface area (Å²) < 4.78 is 47.5. The topological polar surface area (TPSA) is 122 Å². The molecule has 1 saturated heterocycles. The molecule has 13 heteroatoms. The fourth-order valence-corrected chi connectivity index (χ4v) is 4.33. The summed E-state index contributed by atoms with van der Waals surface area (Å²) in [6, 6.07) is 1.62. The van der Waals surface area contributed by atoms with Gasteiger partial charge in [-0.3, -0.25) is 10.2 Å². The molecule has 1 atom stereocenters. The smallest absolute Gasteiger partial charge is 0.346 e. The van der Waals surface area contributed by atoms with Crippen molar-refractivity contribution < 1.29 is 37.7 Å². The summed E-state index contributed by atoms with van der Waals surface area (Å²) in [5.74, 6) is -3.01. The maximum absolute atomic E-state index is 14.4. The maximum atomic E-state index is 14.4. The predicted molar refractivity (Wildman–Crippen MR) is 124 cm³/mol. The van der Waals surface area contributed by atoms with Gasteiger partial charge in [-0.1, -0.05) is 0 Å². The number of aliphatic hydroxyl groups excluding tert-OH is 1. The summed E-state index contributed by atoms with van der Waals surface area (Å²) in [7, 11) is 2.39. The third-order valence-corrected chi connectivity index (χ3v) is 6.23. The molecule has 1 aromatic carbocycles. The van der Waals surface area contributed by atoms with Crippen LogP contribution in [0.2, 0.25) is 0 Å². The lowest BCUT2D eigenvalue weighted by atomic mass is 10.2. The number of halogens is 2. The molecule has 0 radical (unpaired) electrons. The summed E-state index contributed by atoms with van der Waals surface area (Å²) in [6.45, 7) is 1.44. The number of nitrogens with zero attached hydrogens (tertiary/aromatic N) is 2. The van der Waals surface area contributed by atoms with Gasteiger partial charge in [-0.15, -0.1) is 0 Å². The Morgan fingerprint density at radius 2 is 2.09 bits per heavy atom. The molecule has 0 bridgehead atoms. The molecular formula is C22H28F2N4O6S. The van der Waals surface area contributed by atoms with Crippen molar-refractivity contribution in [2.45, 2.75) is 38.5 Å². The Morgan fingerprint density at radius 3 is 2.77 bits per heavy atom. The fraction of sp³-hybridized carbons (Fsp3) is 0.500. The second-order valence-corrected chi connectivity index (χ2v) is 8.53.